The van der Waals surface area contributed by atoms with E-state index in [1.54, 1.807) is 0 Å². The number of fused-ring (bicyclic) bond motifs is 7. The van der Waals surface area contributed by atoms with Crippen molar-refractivity contribution in [3.05, 3.63) is 0 Å². The second-order valence-corrected chi connectivity index (χ2v) is 13.1. The average molecular weight is 447 g/mol. The molecule has 13 atom stereocenters. The monoisotopic (exact) mass is 446 g/mol. The first-order valence-corrected chi connectivity index (χ1v) is 13.3. The Balaban J connectivity index is 1.34. The van der Waals surface area contributed by atoms with Gasteiger partial charge in [-0.15, -0.1) is 0 Å². The molecule has 6 aliphatic rings. The summed E-state index contributed by atoms with van der Waals surface area (Å²) in [6.45, 7) is 9.70. The summed E-state index contributed by atoms with van der Waals surface area (Å²) in [6.07, 6.45) is 6.54. The number of carbonyl (C=O) groups excluding carboxylic acids is 1. The molecule has 2 aliphatic heterocycles. The lowest BCUT2D eigenvalue weighted by atomic mass is 9.43. The Hall–Kier alpha value is -0.490. The molecule has 2 heterocycles. The van der Waals surface area contributed by atoms with Crippen molar-refractivity contribution in [2.24, 2.45) is 52.3 Å². The summed E-state index contributed by atoms with van der Waals surface area (Å²) in [4.78, 5) is 14.0. The molecule has 2 N–H and O–H groups in total. The highest BCUT2D eigenvalue weighted by Crippen LogP contribution is 2.70. The van der Waals surface area contributed by atoms with E-state index in [4.69, 9.17) is 9.47 Å². The summed E-state index contributed by atoms with van der Waals surface area (Å²) in [5.74, 6) is 1.45. The summed E-state index contributed by atoms with van der Waals surface area (Å²) in [7, 11) is 0. The van der Waals surface area contributed by atoms with Crippen LogP contribution in [0.2, 0.25) is 0 Å². The van der Waals surface area contributed by atoms with Gasteiger partial charge in [0.25, 0.3) is 0 Å². The van der Waals surface area contributed by atoms with Crippen molar-refractivity contribution in [1.82, 2.24) is 0 Å². The predicted molar refractivity (Wildman–Crippen MR) is 120 cm³/mol. The highest BCUT2D eigenvalue weighted by molar-refractivity contribution is 5.88. The zero-order chi connectivity index (χ0) is 22.6. The van der Waals surface area contributed by atoms with E-state index in [0.29, 0.717) is 23.7 Å². The van der Waals surface area contributed by atoms with Crippen LogP contribution in [0.1, 0.15) is 79.1 Å². The zero-order valence-electron chi connectivity index (χ0n) is 20.3. The molecule has 5 nitrogen and oxygen atoms in total. The molecule has 0 aromatic rings. The SMILES string of the molecule is C[C@@H]1CC[C@@]2(OC1)O[C@@H]1C[C@@H]3[C@@H]4CC[C@H]5C[C@@H](O)CC[C@]5(C)[C@@H]4C(=O)[C@@H](O)[C@]3(C)[C@H]1[C@@H]2C. The topological polar surface area (TPSA) is 76.0 Å². The Morgan fingerprint density at radius 2 is 1.78 bits per heavy atom. The summed E-state index contributed by atoms with van der Waals surface area (Å²) < 4.78 is 13.1. The summed E-state index contributed by atoms with van der Waals surface area (Å²) in [5.41, 5.74) is -0.523. The minimum absolute atomic E-state index is 0.0725. The number of aliphatic hydroxyl groups excluding tert-OH is 2. The van der Waals surface area contributed by atoms with Crippen LogP contribution < -0.4 is 0 Å². The predicted octanol–water partition coefficient (Wildman–Crippen LogP) is 3.94. The molecule has 0 aromatic heterocycles. The van der Waals surface area contributed by atoms with E-state index in [1.165, 1.54) is 0 Å². The Morgan fingerprint density at radius 3 is 2.50 bits per heavy atom. The van der Waals surface area contributed by atoms with E-state index < -0.39 is 17.3 Å². The zero-order valence-corrected chi connectivity index (χ0v) is 20.3. The largest absolute Gasteiger partial charge is 0.393 e. The third kappa shape index (κ3) is 2.63. The number of ether oxygens (including phenoxy) is 2. The van der Waals surface area contributed by atoms with Gasteiger partial charge in [0.1, 0.15) is 6.10 Å². The van der Waals surface area contributed by atoms with Gasteiger partial charge in [-0.1, -0.05) is 27.7 Å². The van der Waals surface area contributed by atoms with Gasteiger partial charge in [0, 0.05) is 29.6 Å². The van der Waals surface area contributed by atoms with Crippen LogP contribution in [0.15, 0.2) is 0 Å². The van der Waals surface area contributed by atoms with Gasteiger partial charge in [-0.05, 0) is 74.0 Å². The number of ketones is 1. The highest BCUT2D eigenvalue weighted by atomic mass is 16.7. The van der Waals surface area contributed by atoms with Gasteiger partial charge < -0.3 is 19.7 Å². The van der Waals surface area contributed by atoms with Crippen LogP contribution in [0, 0.1) is 52.3 Å². The lowest BCUT2D eigenvalue weighted by Crippen LogP contribution is -2.64. The van der Waals surface area contributed by atoms with E-state index in [-0.39, 0.29) is 41.2 Å². The van der Waals surface area contributed by atoms with E-state index in [1.807, 2.05) is 0 Å². The fraction of sp³-hybridized carbons (Fsp3) is 0.963. The Morgan fingerprint density at radius 1 is 1.00 bits per heavy atom. The Bertz CT molecular complexity index is 789. The van der Waals surface area contributed by atoms with Gasteiger partial charge in [-0.3, -0.25) is 4.79 Å². The molecule has 0 amide bonds. The van der Waals surface area contributed by atoms with E-state index in [0.717, 1.165) is 58.0 Å². The molecular weight excluding hydrogens is 404 g/mol. The molecule has 0 bridgehead atoms. The van der Waals surface area contributed by atoms with Crippen molar-refractivity contribution >= 4 is 5.78 Å². The first-order valence-electron chi connectivity index (χ1n) is 13.3. The number of rotatable bonds is 0. The molecule has 6 rings (SSSR count). The molecule has 2 saturated heterocycles. The van der Waals surface area contributed by atoms with E-state index in [9.17, 15) is 15.0 Å². The molecule has 5 heteroatoms. The normalized spacial score (nSPS) is 61.8. The third-order valence-corrected chi connectivity index (χ3v) is 11.8. The highest BCUT2D eigenvalue weighted by Gasteiger charge is 2.73. The van der Waals surface area contributed by atoms with Crippen LogP contribution >= 0.6 is 0 Å². The molecule has 32 heavy (non-hydrogen) atoms. The van der Waals surface area contributed by atoms with Crippen LogP contribution in [-0.2, 0) is 14.3 Å². The fourth-order valence-corrected chi connectivity index (χ4v) is 10.0. The second-order valence-electron chi connectivity index (χ2n) is 13.1. The number of carbonyl (C=O) groups is 1. The Kier molecular flexibility index (Phi) is 4.83. The molecule has 1 spiro atoms. The third-order valence-electron chi connectivity index (χ3n) is 11.8. The first kappa shape index (κ1) is 22.0. The molecule has 6 fully saturated rings. The minimum atomic E-state index is -0.921. The van der Waals surface area contributed by atoms with Crippen molar-refractivity contribution in [3.63, 3.8) is 0 Å². The van der Waals surface area contributed by atoms with Gasteiger partial charge in [0.15, 0.2) is 11.6 Å². The maximum Gasteiger partial charge on any atom is 0.171 e. The van der Waals surface area contributed by atoms with Gasteiger partial charge in [0.05, 0.1) is 18.8 Å². The van der Waals surface area contributed by atoms with Gasteiger partial charge in [-0.25, -0.2) is 0 Å². The minimum Gasteiger partial charge on any atom is -0.393 e. The van der Waals surface area contributed by atoms with Crippen LogP contribution in [0.4, 0.5) is 0 Å². The summed E-state index contributed by atoms with van der Waals surface area (Å²) in [5, 5.41) is 22.0. The fourth-order valence-electron chi connectivity index (χ4n) is 10.0. The molecule has 180 valence electrons. The van der Waals surface area contributed by atoms with Crippen molar-refractivity contribution in [2.75, 3.05) is 6.61 Å². The molecular formula is C27H42O5. The number of aliphatic hydroxyl groups is 2. The van der Waals surface area contributed by atoms with Crippen LogP contribution in [-0.4, -0.2) is 46.7 Å². The maximum absolute atomic E-state index is 14.0. The van der Waals surface area contributed by atoms with Gasteiger partial charge >= 0.3 is 0 Å². The van der Waals surface area contributed by atoms with Crippen molar-refractivity contribution < 1.29 is 24.5 Å². The smallest absolute Gasteiger partial charge is 0.171 e. The first-order chi connectivity index (χ1) is 15.1. The summed E-state index contributed by atoms with van der Waals surface area (Å²) in [6, 6.07) is 0. The quantitative estimate of drug-likeness (QED) is 0.589. The lowest BCUT2D eigenvalue weighted by Gasteiger charge is -2.61. The van der Waals surface area contributed by atoms with Crippen molar-refractivity contribution in [3.8, 4) is 0 Å². The van der Waals surface area contributed by atoms with E-state index >= 15 is 0 Å². The van der Waals surface area contributed by atoms with Gasteiger partial charge in [-0.2, -0.15) is 0 Å². The molecule has 4 saturated carbocycles. The van der Waals surface area contributed by atoms with Gasteiger partial charge in [0.2, 0.25) is 0 Å². The average Bonchev–Trinajstić information content (AvgIpc) is 3.20. The van der Waals surface area contributed by atoms with E-state index in [2.05, 4.69) is 27.7 Å². The summed E-state index contributed by atoms with van der Waals surface area (Å²) >= 11 is 0. The lowest BCUT2D eigenvalue weighted by molar-refractivity contribution is -0.273. The molecule has 4 aliphatic carbocycles. The van der Waals surface area contributed by atoms with Crippen LogP contribution in [0.5, 0.6) is 0 Å². The van der Waals surface area contributed by atoms with Crippen molar-refractivity contribution in [2.45, 2.75) is 103 Å². The molecule has 0 radical (unpaired) electrons. The second kappa shape index (κ2) is 7.02. The standard InChI is InChI=1S/C27H42O5/c1-14-7-10-27(31-13-14)15(2)21-20(32-27)12-19-18-6-5-16-11-17(28)8-9-25(16,3)22(18)23(29)24(30)26(19,21)4/h14-22,24,28,30H,5-13H2,1-4H3/t14-,15+,16+,17+,18+,19-,20-,21+,22+,24-,25+,26+,27-/m1/s1. The van der Waals surface area contributed by atoms with Crippen molar-refractivity contribution in [1.29, 1.82) is 0 Å². The van der Waals surface area contributed by atoms with Crippen LogP contribution in [0.3, 0.4) is 0 Å². The van der Waals surface area contributed by atoms with Crippen LogP contribution in [0.25, 0.3) is 0 Å². The number of hydrogen-bond acceptors (Lipinski definition) is 5. The molecule has 0 unspecified atom stereocenters. The molecule has 0 aromatic carbocycles. The number of hydrogen-bond donors (Lipinski definition) is 2. The number of Topliss-reactive ketones (excluding diaryl/α,β-unsaturated/α-hetero) is 1. The maximum atomic E-state index is 14.0. The Labute approximate surface area is 192 Å².